The maximum Gasteiger partial charge on any atom is 0.307 e. The summed E-state index contributed by atoms with van der Waals surface area (Å²) in [5, 5.41) is 12.6. The van der Waals surface area contributed by atoms with Crippen LogP contribution in [0.5, 0.6) is 0 Å². The van der Waals surface area contributed by atoms with Crippen molar-refractivity contribution in [3.05, 3.63) is 28.8 Å². The molecular weight excluding hydrogens is 228 g/mol. The van der Waals surface area contributed by atoms with E-state index in [0.717, 1.165) is 5.56 Å². The molecule has 4 nitrogen and oxygen atoms in total. The van der Waals surface area contributed by atoms with Crippen molar-refractivity contribution < 1.29 is 9.90 Å². The highest BCUT2D eigenvalue weighted by atomic mass is 35.5. The molecule has 0 amide bonds. The number of carboxylic acids is 1. The normalized spacial score (nSPS) is 24.6. The number of hydrogen-bond acceptors (Lipinski definition) is 3. The van der Waals surface area contributed by atoms with Crippen LogP contribution in [0.4, 0.5) is 5.69 Å². The van der Waals surface area contributed by atoms with Crippen LogP contribution in [0, 0.1) is 5.92 Å². The van der Waals surface area contributed by atoms with Gasteiger partial charge in [-0.2, -0.15) is 0 Å². The molecule has 1 aliphatic heterocycles. The molecule has 0 saturated carbocycles. The smallest absolute Gasteiger partial charge is 0.307 e. The number of carbonyl (C=O) groups is 1. The van der Waals surface area contributed by atoms with E-state index in [1.165, 1.54) is 0 Å². The highest BCUT2D eigenvalue weighted by Crippen LogP contribution is 2.30. The highest BCUT2D eigenvalue weighted by molar-refractivity contribution is 6.33. The molecule has 1 aliphatic rings. The summed E-state index contributed by atoms with van der Waals surface area (Å²) in [5.74, 6) is -1.07. The summed E-state index contributed by atoms with van der Waals surface area (Å²) in [6.07, 6.45) is 0.594. The lowest BCUT2D eigenvalue weighted by molar-refractivity contribution is -0.141. The van der Waals surface area contributed by atoms with E-state index in [0.29, 0.717) is 23.7 Å². The first-order valence-corrected chi connectivity index (χ1v) is 5.47. The Kier molecular flexibility index (Phi) is 3.03. The molecule has 5 heteroatoms. The number of anilines is 1. The minimum absolute atomic E-state index is 0.0562. The van der Waals surface area contributed by atoms with Gasteiger partial charge in [0.2, 0.25) is 0 Å². The van der Waals surface area contributed by atoms with Gasteiger partial charge in [0.25, 0.3) is 0 Å². The number of aliphatic carboxylic acids is 1. The van der Waals surface area contributed by atoms with Crippen molar-refractivity contribution in [3.63, 3.8) is 0 Å². The quantitative estimate of drug-likeness (QED) is 0.688. The van der Waals surface area contributed by atoms with Crippen LogP contribution in [-0.2, 0) is 4.79 Å². The van der Waals surface area contributed by atoms with Crippen LogP contribution in [-0.4, -0.2) is 17.6 Å². The van der Waals surface area contributed by atoms with Crippen LogP contribution in [0.3, 0.4) is 0 Å². The topological polar surface area (TPSA) is 75.4 Å². The van der Waals surface area contributed by atoms with Crippen LogP contribution in [0.25, 0.3) is 0 Å². The molecule has 1 aromatic rings. The zero-order valence-corrected chi connectivity index (χ0v) is 9.37. The van der Waals surface area contributed by atoms with Crippen LogP contribution in [0.1, 0.15) is 18.0 Å². The summed E-state index contributed by atoms with van der Waals surface area (Å²) in [7, 11) is 0. The summed E-state index contributed by atoms with van der Waals surface area (Å²) in [6.45, 7) is 0.503. The maximum absolute atomic E-state index is 10.8. The Balaban J connectivity index is 2.14. The predicted octanol–water partition coefficient (Wildman–Crippen LogP) is 1.66. The SMILES string of the molecule is Nc1cc(C2CC(C(=O)O)CN2)ccc1Cl. The van der Waals surface area contributed by atoms with E-state index < -0.39 is 5.97 Å². The lowest BCUT2D eigenvalue weighted by atomic mass is 10.00. The van der Waals surface area contributed by atoms with Crippen molar-refractivity contribution >= 4 is 23.3 Å². The fourth-order valence-corrected chi connectivity index (χ4v) is 2.07. The van der Waals surface area contributed by atoms with Crippen molar-refractivity contribution in [2.75, 3.05) is 12.3 Å². The van der Waals surface area contributed by atoms with Gasteiger partial charge in [0.05, 0.1) is 16.6 Å². The number of nitrogens with two attached hydrogens (primary N) is 1. The molecule has 1 aromatic carbocycles. The number of nitrogens with one attached hydrogen (secondary N) is 1. The first kappa shape index (κ1) is 11.2. The summed E-state index contributed by atoms with van der Waals surface area (Å²) in [6, 6.07) is 5.47. The van der Waals surface area contributed by atoms with Crippen molar-refractivity contribution in [1.29, 1.82) is 0 Å². The van der Waals surface area contributed by atoms with Gasteiger partial charge < -0.3 is 16.2 Å². The van der Waals surface area contributed by atoms with Crippen molar-refractivity contribution in [3.8, 4) is 0 Å². The van der Waals surface area contributed by atoms with E-state index in [-0.39, 0.29) is 12.0 Å². The summed E-state index contributed by atoms with van der Waals surface area (Å²) >= 11 is 5.83. The van der Waals surface area contributed by atoms with Crippen LogP contribution in [0.2, 0.25) is 5.02 Å². The van der Waals surface area contributed by atoms with Gasteiger partial charge in [0.1, 0.15) is 0 Å². The van der Waals surface area contributed by atoms with Crippen LogP contribution < -0.4 is 11.1 Å². The largest absolute Gasteiger partial charge is 0.481 e. The minimum atomic E-state index is -0.753. The monoisotopic (exact) mass is 240 g/mol. The Morgan fingerprint density at radius 1 is 1.56 bits per heavy atom. The minimum Gasteiger partial charge on any atom is -0.481 e. The van der Waals surface area contributed by atoms with E-state index in [9.17, 15) is 4.79 Å². The third kappa shape index (κ3) is 2.13. The predicted molar refractivity (Wildman–Crippen MR) is 62.4 cm³/mol. The second-order valence-corrected chi connectivity index (χ2v) is 4.42. The van der Waals surface area contributed by atoms with E-state index in [1.807, 2.05) is 6.07 Å². The van der Waals surface area contributed by atoms with Gasteiger partial charge in [-0.1, -0.05) is 17.7 Å². The third-order valence-corrected chi connectivity index (χ3v) is 3.25. The highest BCUT2D eigenvalue weighted by Gasteiger charge is 2.30. The molecule has 4 N–H and O–H groups in total. The standard InChI is InChI=1S/C11H13ClN2O2/c12-8-2-1-6(3-9(8)13)10-4-7(5-14-10)11(15)16/h1-3,7,10,14H,4-5,13H2,(H,15,16). The molecule has 2 atom stereocenters. The van der Waals surface area contributed by atoms with Crippen molar-refractivity contribution in [1.82, 2.24) is 5.32 Å². The van der Waals surface area contributed by atoms with Crippen LogP contribution >= 0.6 is 11.6 Å². The second-order valence-electron chi connectivity index (χ2n) is 4.01. The van der Waals surface area contributed by atoms with Crippen molar-refractivity contribution in [2.24, 2.45) is 5.92 Å². The zero-order chi connectivity index (χ0) is 11.7. The summed E-state index contributed by atoms with van der Waals surface area (Å²) in [5.41, 5.74) is 7.23. The van der Waals surface area contributed by atoms with Crippen LogP contribution in [0.15, 0.2) is 18.2 Å². The molecular formula is C11H13ClN2O2. The molecule has 1 heterocycles. The third-order valence-electron chi connectivity index (χ3n) is 2.90. The summed E-state index contributed by atoms with van der Waals surface area (Å²) < 4.78 is 0. The average molecular weight is 241 g/mol. The van der Waals surface area contributed by atoms with Gasteiger partial charge in [-0.25, -0.2) is 0 Å². The Morgan fingerprint density at radius 2 is 2.31 bits per heavy atom. The second kappa shape index (κ2) is 4.31. The van der Waals surface area contributed by atoms with Gasteiger partial charge in [0, 0.05) is 12.6 Å². The molecule has 0 bridgehead atoms. The molecule has 2 rings (SSSR count). The van der Waals surface area contributed by atoms with E-state index in [2.05, 4.69) is 5.32 Å². The average Bonchev–Trinajstić information content (AvgIpc) is 2.71. The van der Waals surface area contributed by atoms with Gasteiger partial charge in [-0.05, 0) is 24.1 Å². The first-order valence-electron chi connectivity index (χ1n) is 5.09. The van der Waals surface area contributed by atoms with E-state index in [4.69, 9.17) is 22.4 Å². The van der Waals surface area contributed by atoms with E-state index >= 15 is 0 Å². The molecule has 0 spiro atoms. The fourth-order valence-electron chi connectivity index (χ4n) is 1.96. The molecule has 0 aliphatic carbocycles. The molecule has 16 heavy (non-hydrogen) atoms. The van der Waals surface area contributed by atoms with Gasteiger partial charge in [-0.3, -0.25) is 4.79 Å². The molecule has 1 saturated heterocycles. The Morgan fingerprint density at radius 3 is 2.88 bits per heavy atom. The summed E-state index contributed by atoms with van der Waals surface area (Å²) in [4.78, 5) is 10.8. The number of halogens is 1. The van der Waals surface area contributed by atoms with Crippen molar-refractivity contribution in [2.45, 2.75) is 12.5 Å². The molecule has 2 unspecified atom stereocenters. The number of benzene rings is 1. The molecule has 86 valence electrons. The number of nitrogen functional groups attached to an aromatic ring is 1. The fraction of sp³-hybridized carbons (Fsp3) is 0.364. The first-order chi connectivity index (χ1) is 7.58. The number of carboxylic acid groups (broad SMARTS) is 1. The Bertz CT molecular complexity index is 422. The lowest BCUT2D eigenvalue weighted by Crippen LogP contribution is -2.17. The zero-order valence-electron chi connectivity index (χ0n) is 8.61. The van der Waals surface area contributed by atoms with Gasteiger partial charge in [-0.15, -0.1) is 0 Å². The molecule has 0 aromatic heterocycles. The van der Waals surface area contributed by atoms with Gasteiger partial charge in [0.15, 0.2) is 0 Å². The molecule has 1 fully saturated rings. The maximum atomic E-state index is 10.8. The number of rotatable bonds is 2. The Labute approximate surface area is 98.4 Å². The molecule has 0 radical (unpaired) electrons. The lowest BCUT2D eigenvalue weighted by Gasteiger charge is -2.11. The van der Waals surface area contributed by atoms with E-state index in [1.54, 1.807) is 12.1 Å². The number of hydrogen-bond donors (Lipinski definition) is 3. The van der Waals surface area contributed by atoms with Gasteiger partial charge >= 0.3 is 5.97 Å². The Hall–Kier alpha value is -1.26.